The number of hydrogen-bond donors (Lipinski definition) is 1. The van der Waals surface area contributed by atoms with Gasteiger partial charge in [-0.2, -0.15) is 0 Å². The predicted molar refractivity (Wildman–Crippen MR) is 80.9 cm³/mol. The molecule has 0 saturated heterocycles. The summed E-state index contributed by atoms with van der Waals surface area (Å²) in [6, 6.07) is 12.8. The molecule has 0 amide bonds. The number of aliphatic carboxylic acids is 1. The highest BCUT2D eigenvalue weighted by Crippen LogP contribution is 2.27. The average Bonchev–Trinajstić information content (AvgIpc) is 2.48. The Bertz CT molecular complexity index is 657. The molecular weight excluding hydrogens is 268 g/mol. The molecule has 1 N–H and O–H groups in total. The Hall–Kier alpha value is -2.75. The van der Waals surface area contributed by atoms with E-state index < -0.39 is 5.97 Å². The first kappa shape index (κ1) is 14.7. The fourth-order valence-corrected chi connectivity index (χ4v) is 1.83. The van der Waals surface area contributed by atoms with E-state index in [1.165, 1.54) is 0 Å². The summed E-state index contributed by atoms with van der Waals surface area (Å²) < 4.78 is 10.9. The van der Waals surface area contributed by atoms with Gasteiger partial charge >= 0.3 is 5.97 Å². The van der Waals surface area contributed by atoms with Gasteiger partial charge < -0.3 is 14.6 Å². The second kappa shape index (κ2) is 6.61. The molecule has 0 radical (unpaired) electrons. The topological polar surface area (TPSA) is 55.8 Å². The third-order valence-electron chi connectivity index (χ3n) is 2.90. The predicted octanol–water partition coefficient (Wildman–Crippen LogP) is 3.89. The summed E-state index contributed by atoms with van der Waals surface area (Å²) in [5, 5.41) is 8.61. The van der Waals surface area contributed by atoms with Crippen molar-refractivity contribution in [2.45, 2.75) is 6.92 Å². The highest BCUT2D eigenvalue weighted by molar-refractivity contribution is 5.85. The molecule has 0 aromatic heterocycles. The maximum absolute atomic E-state index is 10.5. The summed E-state index contributed by atoms with van der Waals surface area (Å²) in [5.41, 5.74) is 1.75. The second-order valence-corrected chi connectivity index (χ2v) is 4.47. The third kappa shape index (κ3) is 4.11. The molecule has 4 nitrogen and oxygen atoms in total. The van der Waals surface area contributed by atoms with Gasteiger partial charge in [-0.1, -0.05) is 6.07 Å². The minimum atomic E-state index is -0.966. The van der Waals surface area contributed by atoms with E-state index in [1.807, 2.05) is 49.4 Å². The van der Waals surface area contributed by atoms with Crippen LogP contribution < -0.4 is 9.47 Å². The monoisotopic (exact) mass is 284 g/mol. The molecule has 0 aliphatic carbocycles. The second-order valence-electron chi connectivity index (χ2n) is 4.47. The third-order valence-corrected chi connectivity index (χ3v) is 2.90. The molecule has 0 spiro atoms. The molecule has 2 rings (SSSR count). The zero-order chi connectivity index (χ0) is 15.2. The highest BCUT2D eigenvalue weighted by Gasteiger charge is 2.03. The van der Waals surface area contributed by atoms with E-state index in [1.54, 1.807) is 13.2 Å². The zero-order valence-corrected chi connectivity index (χ0v) is 11.9. The normalized spacial score (nSPS) is 10.6. The first-order valence-electron chi connectivity index (χ1n) is 6.42. The molecule has 0 atom stereocenters. The van der Waals surface area contributed by atoms with Crippen molar-refractivity contribution in [2.75, 3.05) is 7.11 Å². The molecule has 2 aromatic carbocycles. The Morgan fingerprint density at radius 3 is 2.33 bits per heavy atom. The van der Waals surface area contributed by atoms with Gasteiger partial charge in [0, 0.05) is 6.08 Å². The quantitative estimate of drug-likeness (QED) is 0.846. The number of carbonyl (C=O) groups is 1. The van der Waals surface area contributed by atoms with Crippen LogP contribution in [0.1, 0.15) is 11.1 Å². The van der Waals surface area contributed by atoms with Crippen LogP contribution in [0.25, 0.3) is 6.08 Å². The van der Waals surface area contributed by atoms with E-state index >= 15 is 0 Å². The molecule has 108 valence electrons. The number of hydrogen-bond acceptors (Lipinski definition) is 3. The van der Waals surface area contributed by atoms with Crippen molar-refractivity contribution in [3.05, 3.63) is 59.7 Å². The first-order chi connectivity index (χ1) is 10.1. The smallest absolute Gasteiger partial charge is 0.328 e. The number of ether oxygens (including phenoxy) is 2. The van der Waals surface area contributed by atoms with Gasteiger partial charge in [-0.3, -0.25) is 0 Å². The van der Waals surface area contributed by atoms with E-state index in [9.17, 15) is 4.79 Å². The summed E-state index contributed by atoms with van der Waals surface area (Å²) >= 11 is 0. The summed E-state index contributed by atoms with van der Waals surface area (Å²) in [6.07, 6.45) is 2.66. The molecule has 2 aromatic rings. The summed E-state index contributed by atoms with van der Waals surface area (Å²) in [6.45, 7) is 1.91. The van der Waals surface area contributed by atoms with E-state index in [0.29, 0.717) is 5.75 Å². The van der Waals surface area contributed by atoms with Crippen molar-refractivity contribution in [1.82, 2.24) is 0 Å². The van der Waals surface area contributed by atoms with Gasteiger partial charge in [-0.15, -0.1) is 0 Å². The molecule has 21 heavy (non-hydrogen) atoms. The maximum atomic E-state index is 10.5. The van der Waals surface area contributed by atoms with Crippen LogP contribution in [-0.2, 0) is 4.79 Å². The van der Waals surface area contributed by atoms with Crippen LogP contribution in [0.4, 0.5) is 0 Å². The summed E-state index contributed by atoms with van der Waals surface area (Å²) in [7, 11) is 1.61. The van der Waals surface area contributed by atoms with Crippen molar-refractivity contribution in [3.8, 4) is 17.2 Å². The largest absolute Gasteiger partial charge is 0.497 e. The van der Waals surface area contributed by atoms with Crippen LogP contribution >= 0.6 is 0 Å². The fourth-order valence-electron chi connectivity index (χ4n) is 1.83. The first-order valence-corrected chi connectivity index (χ1v) is 6.42. The average molecular weight is 284 g/mol. The van der Waals surface area contributed by atoms with Crippen LogP contribution in [0, 0.1) is 6.92 Å². The minimum Gasteiger partial charge on any atom is -0.497 e. The van der Waals surface area contributed by atoms with Gasteiger partial charge in [0.25, 0.3) is 0 Å². The number of methoxy groups -OCH3 is 1. The van der Waals surface area contributed by atoms with Crippen LogP contribution in [0.15, 0.2) is 48.5 Å². The molecule has 0 bridgehead atoms. The van der Waals surface area contributed by atoms with Crippen LogP contribution in [0.3, 0.4) is 0 Å². The van der Waals surface area contributed by atoms with Gasteiger partial charge in [0.2, 0.25) is 0 Å². The molecule has 0 heterocycles. The van der Waals surface area contributed by atoms with E-state index in [2.05, 4.69) is 0 Å². The highest BCUT2D eigenvalue weighted by atomic mass is 16.5. The Morgan fingerprint density at radius 2 is 1.76 bits per heavy atom. The Labute approximate surface area is 123 Å². The lowest BCUT2D eigenvalue weighted by molar-refractivity contribution is -0.131. The van der Waals surface area contributed by atoms with Gasteiger partial charge in [0.1, 0.15) is 17.2 Å². The Morgan fingerprint density at radius 1 is 1.10 bits per heavy atom. The zero-order valence-electron chi connectivity index (χ0n) is 11.9. The standard InChI is InChI=1S/C17H16O4/c1-12-11-13(4-10-17(18)19)3-9-16(12)21-15-7-5-14(20-2)6-8-15/h3-11H,1-2H3,(H,18,19). The van der Waals surface area contributed by atoms with E-state index in [4.69, 9.17) is 14.6 Å². The van der Waals surface area contributed by atoms with E-state index in [-0.39, 0.29) is 0 Å². The van der Waals surface area contributed by atoms with Gasteiger partial charge in [0.05, 0.1) is 7.11 Å². The number of benzene rings is 2. The lowest BCUT2D eigenvalue weighted by Crippen LogP contribution is -1.90. The van der Waals surface area contributed by atoms with E-state index in [0.717, 1.165) is 28.7 Å². The fraction of sp³-hybridized carbons (Fsp3) is 0.118. The van der Waals surface area contributed by atoms with Crippen LogP contribution in [-0.4, -0.2) is 18.2 Å². The molecule has 0 fully saturated rings. The lowest BCUT2D eigenvalue weighted by atomic mass is 10.1. The number of rotatable bonds is 5. The maximum Gasteiger partial charge on any atom is 0.328 e. The van der Waals surface area contributed by atoms with Crippen molar-refractivity contribution in [3.63, 3.8) is 0 Å². The van der Waals surface area contributed by atoms with Crippen LogP contribution in [0.5, 0.6) is 17.2 Å². The van der Waals surface area contributed by atoms with Gasteiger partial charge in [0.15, 0.2) is 0 Å². The molecule has 0 aliphatic rings. The van der Waals surface area contributed by atoms with Gasteiger partial charge in [-0.05, 0) is 60.5 Å². The van der Waals surface area contributed by atoms with Gasteiger partial charge in [-0.25, -0.2) is 4.79 Å². The molecule has 4 heteroatoms. The van der Waals surface area contributed by atoms with Crippen molar-refractivity contribution < 1.29 is 19.4 Å². The van der Waals surface area contributed by atoms with Crippen molar-refractivity contribution in [2.24, 2.45) is 0 Å². The molecule has 0 aliphatic heterocycles. The lowest BCUT2D eigenvalue weighted by Gasteiger charge is -2.10. The molecule has 0 saturated carbocycles. The van der Waals surface area contributed by atoms with Crippen LogP contribution in [0.2, 0.25) is 0 Å². The summed E-state index contributed by atoms with van der Waals surface area (Å²) in [5.74, 6) is 1.25. The number of carboxylic acids is 1. The Balaban J connectivity index is 2.14. The minimum absolute atomic E-state index is 0.715. The SMILES string of the molecule is COc1ccc(Oc2ccc(C=CC(=O)O)cc2C)cc1. The van der Waals surface area contributed by atoms with Crippen molar-refractivity contribution >= 4 is 12.0 Å². The Kier molecular flexibility index (Phi) is 4.61. The number of aryl methyl sites for hydroxylation is 1. The summed E-state index contributed by atoms with van der Waals surface area (Å²) in [4.78, 5) is 10.5. The molecule has 0 unspecified atom stereocenters. The number of carboxylic acid groups (broad SMARTS) is 1. The molecular formula is C17H16O4. The van der Waals surface area contributed by atoms with Crippen molar-refractivity contribution in [1.29, 1.82) is 0 Å².